The lowest BCUT2D eigenvalue weighted by molar-refractivity contribution is -0.122. The Morgan fingerprint density at radius 2 is 1.80 bits per heavy atom. The van der Waals surface area contributed by atoms with Crippen molar-refractivity contribution >= 4 is 46.2 Å². The molecule has 0 aliphatic carbocycles. The number of hydrogen-bond acceptors (Lipinski definition) is 11. The van der Waals surface area contributed by atoms with E-state index in [0.717, 1.165) is 55.5 Å². The molecule has 2 fully saturated rings. The number of likely N-dealkylation sites (N-methyl/N-ethyl adjacent to an activating group) is 1. The number of nitrogens with one attached hydrogen (secondary N) is 1. The molecule has 2 aliphatic heterocycles. The molecule has 0 bridgehead atoms. The van der Waals surface area contributed by atoms with Crippen molar-refractivity contribution in [3.63, 3.8) is 0 Å². The van der Waals surface area contributed by atoms with E-state index in [1.165, 1.54) is 10.6 Å². The van der Waals surface area contributed by atoms with E-state index in [9.17, 15) is 9.59 Å². The number of pyridine rings is 2. The van der Waals surface area contributed by atoms with Crippen molar-refractivity contribution in [3.05, 3.63) is 76.5 Å². The Kier molecular flexibility index (Phi) is 9.79. The smallest absolute Gasteiger partial charge is 0.298 e. The molecule has 1 amide bonds. The van der Waals surface area contributed by atoms with Crippen LogP contribution in [0.1, 0.15) is 11.3 Å². The molecule has 0 unspecified atom stereocenters. The molecule has 12 nitrogen and oxygen atoms in total. The van der Waals surface area contributed by atoms with E-state index >= 15 is 0 Å². The zero-order chi connectivity index (χ0) is 32.0. The minimum Gasteiger partial charge on any atom is -0.379 e. The lowest BCUT2D eigenvalue weighted by Crippen LogP contribution is -2.44. The number of morpholine rings is 1. The summed E-state index contributed by atoms with van der Waals surface area (Å²) in [4.78, 5) is 47.2. The second-order valence-corrected chi connectivity index (χ2v) is 12.6. The van der Waals surface area contributed by atoms with Crippen LogP contribution < -0.4 is 15.8 Å². The van der Waals surface area contributed by atoms with Crippen LogP contribution in [0.25, 0.3) is 11.0 Å². The first-order chi connectivity index (χ1) is 22.3. The van der Waals surface area contributed by atoms with Gasteiger partial charge in [0.1, 0.15) is 5.65 Å². The third-order valence-corrected chi connectivity index (χ3v) is 9.07. The molecule has 5 heterocycles. The monoisotopic (exact) mass is 639 g/mol. The fourth-order valence-electron chi connectivity index (χ4n) is 5.19. The normalized spacial score (nSPS) is 15.8. The van der Waals surface area contributed by atoms with Crippen molar-refractivity contribution in [3.8, 4) is 11.8 Å². The molecule has 3 aromatic heterocycles. The number of hydrogen-bond donors (Lipinski definition) is 1. The molecule has 0 saturated carbocycles. The van der Waals surface area contributed by atoms with Gasteiger partial charge in [0.25, 0.3) is 11.5 Å². The zero-order valence-electron chi connectivity index (χ0n) is 26.3. The summed E-state index contributed by atoms with van der Waals surface area (Å²) in [5, 5.41) is 3.92. The van der Waals surface area contributed by atoms with Gasteiger partial charge in [-0.05, 0) is 61.5 Å². The zero-order valence-corrected chi connectivity index (χ0v) is 27.1. The fraction of sp³-hybridized carbons (Fsp3) is 0.364. The van der Waals surface area contributed by atoms with Crippen LogP contribution in [0.3, 0.4) is 0 Å². The average molecular weight is 640 g/mol. The SMILES string of the molecule is CN1CCN(c2ccc(Nc3ncc4cc(C#CC(=O)N(C)C)c(=O)n(Cc5ncccc5SN5CCOCC5)c4n3)cc2)CC1. The van der Waals surface area contributed by atoms with Gasteiger partial charge in [-0.1, -0.05) is 5.92 Å². The molecule has 0 spiro atoms. The van der Waals surface area contributed by atoms with Gasteiger partial charge in [-0.25, -0.2) is 9.29 Å². The second kappa shape index (κ2) is 14.3. The number of amides is 1. The maximum atomic E-state index is 13.9. The Morgan fingerprint density at radius 3 is 2.54 bits per heavy atom. The third kappa shape index (κ3) is 7.48. The molecule has 6 rings (SSSR count). The summed E-state index contributed by atoms with van der Waals surface area (Å²) < 4.78 is 9.30. The fourth-order valence-corrected chi connectivity index (χ4v) is 6.16. The number of anilines is 3. The Balaban J connectivity index is 1.33. The Bertz CT molecular complexity index is 1820. The molecular formula is C33H37N9O3S. The third-order valence-electron chi connectivity index (χ3n) is 7.88. The van der Waals surface area contributed by atoms with E-state index in [4.69, 9.17) is 9.72 Å². The van der Waals surface area contributed by atoms with Crippen LogP contribution in [-0.2, 0) is 16.1 Å². The largest absolute Gasteiger partial charge is 0.379 e. The highest BCUT2D eigenvalue weighted by atomic mass is 32.2. The number of rotatable bonds is 7. The molecule has 2 aliphatic rings. The van der Waals surface area contributed by atoms with E-state index in [0.29, 0.717) is 30.2 Å². The molecule has 4 aromatic rings. The molecule has 1 N–H and O–H groups in total. The predicted molar refractivity (Wildman–Crippen MR) is 180 cm³/mol. The lowest BCUT2D eigenvalue weighted by Gasteiger charge is -2.34. The molecule has 1 aromatic carbocycles. The maximum absolute atomic E-state index is 13.9. The quantitative estimate of drug-likeness (QED) is 0.238. The van der Waals surface area contributed by atoms with Crippen LogP contribution in [0, 0.1) is 11.8 Å². The summed E-state index contributed by atoms with van der Waals surface area (Å²) in [5.41, 5.74) is 3.00. The lowest BCUT2D eigenvalue weighted by atomic mass is 10.2. The van der Waals surface area contributed by atoms with Crippen molar-refractivity contribution < 1.29 is 9.53 Å². The van der Waals surface area contributed by atoms with Gasteiger partial charge in [0, 0.05) is 93.3 Å². The number of carbonyl (C=O) groups excluding carboxylic acids is 1. The summed E-state index contributed by atoms with van der Waals surface area (Å²) in [6.45, 7) is 7.16. The minimum absolute atomic E-state index is 0.163. The van der Waals surface area contributed by atoms with Gasteiger partial charge < -0.3 is 24.8 Å². The molecule has 0 radical (unpaired) electrons. The van der Waals surface area contributed by atoms with Gasteiger partial charge in [0.05, 0.1) is 31.0 Å². The molecule has 238 valence electrons. The molecule has 46 heavy (non-hydrogen) atoms. The van der Waals surface area contributed by atoms with E-state index in [-0.39, 0.29) is 17.7 Å². The number of piperazine rings is 1. The van der Waals surface area contributed by atoms with E-state index in [1.54, 1.807) is 49.1 Å². The topological polar surface area (TPSA) is 112 Å². The van der Waals surface area contributed by atoms with E-state index < -0.39 is 5.91 Å². The highest BCUT2D eigenvalue weighted by molar-refractivity contribution is 7.97. The summed E-state index contributed by atoms with van der Waals surface area (Å²) in [5.74, 6) is 5.31. The van der Waals surface area contributed by atoms with Crippen LogP contribution in [0.2, 0.25) is 0 Å². The van der Waals surface area contributed by atoms with Crippen LogP contribution in [0.5, 0.6) is 0 Å². The molecule has 13 heteroatoms. The van der Waals surface area contributed by atoms with Crippen molar-refractivity contribution in [2.75, 3.05) is 83.8 Å². The first-order valence-corrected chi connectivity index (χ1v) is 16.0. The second-order valence-electron chi connectivity index (χ2n) is 11.4. The number of benzene rings is 1. The van der Waals surface area contributed by atoms with Gasteiger partial charge in [-0.15, -0.1) is 0 Å². The van der Waals surface area contributed by atoms with Crippen molar-refractivity contribution in [2.45, 2.75) is 11.4 Å². The van der Waals surface area contributed by atoms with Crippen LogP contribution in [0.4, 0.5) is 17.3 Å². The van der Waals surface area contributed by atoms with Gasteiger partial charge in [0.15, 0.2) is 0 Å². The van der Waals surface area contributed by atoms with Gasteiger partial charge >= 0.3 is 0 Å². The Morgan fingerprint density at radius 1 is 1.04 bits per heavy atom. The van der Waals surface area contributed by atoms with Crippen LogP contribution >= 0.6 is 11.9 Å². The van der Waals surface area contributed by atoms with E-state index in [2.05, 4.69) is 60.4 Å². The minimum atomic E-state index is -0.394. The standard InChI is InChI=1S/C33H37N9O3S/c1-38(2)30(43)11-6-24-21-25-22-35-33(36-26-7-9-27(10-8-26)40-15-13-39(3)14-16-40)37-31(25)42(32(24)44)23-28-29(5-4-12-34-28)46-41-17-19-45-20-18-41/h4-5,7-10,12,21-22H,13-20,23H2,1-3H3,(H,35,36,37). The summed E-state index contributed by atoms with van der Waals surface area (Å²) in [6.07, 6.45) is 3.39. The number of aromatic nitrogens is 4. The molecular weight excluding hydrogens is 602 g/mol. The summed E-state index contributed by atoms with van der Waals surface area (Å²) in [7, 11) is 5.38. The van der Waals surface area contributed by atoms with Crippen LogP contribution in [-0.4, -0.2) is 113 Å². The number of carbonyl (C=O) groups is 1. The number of fused-ring (bicyclic) bond motifs is 1. The molecule has 2 saturated heterocycles. The van der Waals surface area contributed by atoms with Gasteiger partial charge in [-0.3, -0.25) is 19.1 Å². The summed E-state index contributed by atoms with van der Waals surface area (Å²) >= 11 is 1.61. The van der Waals surface area contributed by atoms with Gasteiger partial charge in [0.2, 0.25) is 5.95 Å². The van der Waals surface area contributed by atoms with Gasteiger partial charge in [-0.2, -0.15) is 4.98 Å². The Hall–Kier alpha value is -4.48. The maximum Gasteiger partial charge on any atom is 0.298 e. The predicted octanol–water partition coefficient (Wildman–Crippen LogP) is 2.51. The first kappa shape index (κ1) is 31.5. The van der Waals surface area contributed by atoms with Crippen molar-refractivity contribution in [1.29, 1.82) is 0 Å². The average Bonchev–Trinajstić information content (AvgIpc) is 3.07. The van der Waals surface area contributed by atoms with Crippen molar-refractivity contribution in [1.82, 2.24) is 33.6 Å². The summed E-state index contributed by atoms with van der Waals surface area (Å²) in [6, 6.07) is 13.7. The highest BCUT2D eigenvalue weighted by Crippen LogP contribution is 2.27. The van der Waals surface area contributed by atoms with E-state index in [1.807, 2.05) is 24.3 Å². The van der Waals surface area contributed by atoms with Crippen molar-refractivity contribution in [2.24, 2.45) is 0 Å². The highest BCUT2D eigenvalue weighted by Gasteiger charge is 2.18. The first-order valence-electron chi connectivity index (χ1n) is 15.2. The Labute approximate surface area is 272 Å². The molecule has 0 atom stereocenters. The number of ether oxygens (including phenoxy) is 1. The van der Waals surface area contributed by atoms with Crippen LogP contribution in [0.15, 0.2) is 64.5 Å². The number of nitrogens with zero attached hydrogens (tertiary/aromatic N) is 8.